The Balaban J connectivity index is 4.82. The first-order chi connectivity index (χ1) is 7.48. The van der Waals surface area contributed by atoms with E-state index in [2.05, 4.69) is 0 Å². The molecule has 0 fully saturated rings. The van der Waals surface area contributed by atoms with Crippen LogP contribution in [0.4, 0.5) is 30.7 Å². The van der Waals surface area contributed by atoms with Crippen molar-refractivity contribution in [2.24, 2.45) is 0 Å². The largest absolute Gasteiger partial charge is 0.460 e. The highest BCUT2D eigenvalue weighted by Gasteiger charge is 2.76. The molecule has 1 N–H and O–H groups in total. The van der Waals surface area contributed by atoms with Crippen LogP contribution in [-0.4, -0.2) is 30.5 Å². The molecule has 0 bridgehead atoms. The van der Waals surface area contributed by atoms with E-state index in [-0.39, 0.29) is 6.42 Å². The quantitative estimate of drug-likeness (QED) is 0.603. The smallest absolute Gasteiger partial charge is 0.351 e. The monoisotopic (exact) mass is 269 g/mol. The van der Waals surface area contributed by atoms with Crippen molar-refractivity contribution in [3.05, 3.63) is 0 Å². The number of hydrogen-bond acceptors (Lipinski definition) is 1. The Kier molecular flexibility index (Phi) is 4.79. The summed E-state index contributed by atoms with van der Waals surface area (Å²) in [6.45, 7) is 1.23. The van der Waals surface area contributed by atoms with Gasteiger partial charge in [-0.2, -0.15) is 30.7 Å². The zero-order chi connectivity index (χ0) is 13.9. The number of alkyl halides is 7. The molecule has 102 valence electrons. The Hall–Kier alpha value is -1.02. The van der Waals surface area contributed by atoms with Crippen LogP contribution in [0.25, 0.3) is 0 Å². The lowest BCUT2D eigenvalue weighted by Crippen LogP contribution is -2.59. The number of amides is 1. The summed E-state index contributed by atoms with van der Waals surface area (Å²) in [6.07, 6.45) is -5.83. The van der Waals surface area contributed by atoms with E-state index in [1.807, 2.05) is 0 Å². The maximum Gasteiger partial charge on any atom is 0.460 e. The van der Waals surface area contributed by atoms with Gasteiger partial charge in [0.15, 0.2) is 0 Å². The average Bonchev–Trinajstić information content (AvgIpc) is 2.15. The van der Waals surface area contributed by atoms with Crippen LogP contribution in [0.3, 0.4) is 0 Å². The Morgan fingerprint density at radius 1 is 1.06 bits per heavy atom. The number of carbonyl (C=O) groups is 1. The van der Waals surface area contributed by atoms with Crippen LogP contribution in [0.1, 0.15) is 19.8 Å². The molecule has 2 nitrogen and oxygen atoms in total. The molecule has 0 aliphatic carbocycles. The molecule has 0 aromatic rings. The summed E-state index contributed by atoms with van der Waals surface area (Å²) in [5.41, 5.74) is 0. The van der Waals surface area contributed by atoms with Crippen molar-refractivity contribution in [1.82, 2.24) is 5.32 Å². The second-order valence-corrected chi connectivity index (χ2v) is 3.26. The van der Waals surface area contributed by atoms with E-state index >= 15 is 0 Å². The minimum Gasteiger partial charge on any atom is -0.351 e. The first kappa shape index (κ1) is 16.0. The minimum atomic E-state index is -6.49. The van der Waals surface area contributed by atoms with Gasteiger partial charge in [-0.15, -0.1) is 0 Å². The van der Waals surface area contributed by atoms with Crippen molar-refractivity contribution >= 4 is 5.91 Å². The number of hydrogen-bond donors (Lipinski definition) is 1. The standard InChI is InChI=1S/C8H10F7NO/c1-2-3-4-16-5(17)6(9,10)7(11,12)8(13,14)15/h2-4H2,1H3,(H,16,17). The summed E-state index contributed by atoms with van der Waals surface area (Å²) < 4.78 is 84.9. The van der Waals surface area contributed by atoms with Crippen molar-refractivity contribution in [3.8, 4) is 0 Å². The molecule has 0 aromatic heterocycles. The van der Waals surface area contributed by atoms with Crippen LogP contribution in [0.15, 0.2) is 0 Å². The maximum absolute atomic E-state index is 12.6. The fraction of sp³-hybridized carbons (Fsp3) is 0.875. The summed E-state index contributed by atoms with van der Waals surface area (Å²) in [4.78, 5) is 10.6. The van der Waals surface area contributed by atoms with Crippen LogP contribution in [0.5, 0.6) is 0 Å². The molecule has 0 aromatic carbocycles. The molecule has 0 spiro atoms. The predicted octanol–water partition coefficient (Wildman–Crippen LogP) is 2.74. The lowest BCUT2D eigenvalue weighted by Gasteiger charge is -2.26. The third-order valence-corrected chi connectivity index (χ3v) is 1.85. The second kappa shape index (κ2) is 5.09. The minimum absolute atomic E-state index is 0.194. The van der Waals surface area contributed by atoms with Gasteiger partial charge in [-0.3, -0.25) is 4.79 Å². The highest BCUT2D eigenvalue weighted by molar-refractivity contribution is 5.84. The lowest BCUT2D eigenvalue weighted by molar-refractivity contribution is -0.344. The Morgan fingerprint density at radius 3 is 1.88 bits per heavy atom. The van der Waals surface area contributed by atoms with Gasteiger partial charge in [-0.1, -0.05) is 13.3 Å². The zero-order valence-corrected chi connectivity index (χ0v) is 8.68. The highest BCUT2D eigenvalue weighted by atomic mass is 19.4. The molecule has 0 atom stereocenters. The van der Waals surface area contributed by atoms with Crippen LogP contribution < -0.4 is 5.32 Å². The van der Waals surface area contributed by atoms with Gasteiger partial charge in [0.25, 0.3) is 5.91 Å². The maximum atomic E-state index is 12.6. The van der Waals surface area contributed by atoms with E-state index in [9.17, 15) is 35.5 Å². The molecule has 0 saturated heterocycles. The third-order valence-electron chi connectivity index (χ3n) is 1.85. The number of rotatable bonds is 5. The molecule has 0 saturated carbocycles. The molecule has 0 aliphatic heterocycles. The van der Waals surface area contributed by atoms with Gasteiger partial charge in [0.1, 0.15) is 0 Å². The first-order valence-electron chi connectivity index (χ1n) is 4.59. The molecule has 17 heavy (non-hydrogen) atoms. The van der Waals surface area contributed by atoms with E-state index in [4.69, 9.17) is 0 Å². The van der Waals surface area contributed by atoms with Crippen molar-refractivity contribution in [2.45, 2.75) is 37.8 Å². The van der Waals surface area contributed by atoms with Crippen molar-refractivity contribution in [1.29, 1.82) is 0 Å². The lowest BCUT2D eigenvalue weighted by atomic mass is 10.1. The van der Waals surface area contributed by atoms with Crippen LogP contribution >= 0.6 is 0 Å². The van der Waals surface area contributed by atoms with E-state index in [0.717, 1.165) is 0 Å². The van der Waals surface area contributed by atoms with Gasteiger partial charge in [-0.05, 0) is 6.42 Å². The van der Waals surface area contributed by atoms with Crippen molar-refractivity contribution in [2.75, 3.05) is 6.54 Å². The Labute approximate surface area is 92.2 Å². The molecule has 0 rings (SSSR count). The van der Waals surface area contributed by atoms with E-state index < -0.39 is 30.5 Å². The van der Waals surface area contributed by atoms with Gasteiger partial charge in [0.05, 0.1) is 0 Å². The zero-order valence-electron chi connectivity index (χ0n) is 8.68. The summed E-state index contributed by atoms with van der Waals surface area (Å²) in [5.74, 6) is -14.8. The van der Waals surface area contributed by atoms with Gasteiger partial charge in [-0.25, -0.2) is 0 Å². The SMILES string of the molecule is CCCCNC(=O)C(F)(F)C(F)(F)C(F)(F)F. The van der Waals surface area contributed by atoms with Crippen LogP contribution in [0.2, 0.25) is 0 Å². The normalized spacial score (nSPS) is 13.6. The van der Waals surface area contributed by atoms with Gasteiger partial charge < -0.3 is 5.32 Å². The molecular formula is C8H10F7NO. The summed E-state index contributed by atoms with van der Waals surface area (Å²) in [6, 6.07) is 0. The fourth-order valence-electron chi connectivity index (χ4n) is 0.810. The topological polar surface area (TPSA) is 29.1 Å². The summed E-state index contributed by atoms with van der Waals surface area (Å²) >= 11 is 0. The average molecular weight is 269 g/mol. The number of halogens is 7. The van der Waals surface area contributed by atoms with Crippen molar-refractivity contribution < 1.29 is 35.5 Å². The summed E-state index contributed by atoms with van der Waals surface area (Å²) in [5, 5.41) is 1.33. The van der Waals surface area contributed by atoms with Crippen molar-refractivity contribution in [3.63, 3.8) is 0 Å². The van der Waals surface area contributed by atoms with Crippen LogP contribution in [0, 0.1) is 0 Å². The Bertz CT molecular complexity index is 274. The van der Waals surface area contributed by atoms with Gasteiger partial charge >= 0.3 is 18.0 Å². The Morgan fingerprint density at radius 2 is 1.53 bits per heavy atom. The van der Waals surface area contributed by atoms with Gasteiger partial charge in [0.2, 0.25) is 0 Å². The van der Waals surface area contributed by atoms with E-state index in [1.165, 1.54) is 5.32 Å². The highest BCUT2D eigenvalue weighted by Crippen LogP contribution is 2.46. The molecule has 0 aliphatic rings. The van der Waals surface area contributed by atoms with Crippen LogP contribution in [-0.2, 0) is 4.79 Å². The molecule has 1 amide bonds. The molecule has 0 unspecified atom stereocenters. The van der Waals surface area contributed by atoms with Gasteiger partial charge in [0, 0.05) is 6.54 Å². The number of carbonyl (C=O) groups excluding carboxylic acids is 1. The number of unbranched alkanes of at least 4 members (excludes halogenated alkanes) is 1. The van der Waals surface area contributed by atoms with E-state index in [0.29, 0.717) is 6.42 Å². The molecule has 9 heteroatoms. The third kappa shape index (κ3) is 3.22. The molecule has 0 radical (unpaired) electrons. The fourth-order valence-corrected chi connectivity index (χ4v) is 0.810. The molecular weight excluding hydrogens is 259 g/mol. The molecule has 0 heterocycles. The predicted molar refractivity (Wildman–Crippen MR) is 43.9 cm³/mol. The number of nitrogens with one attached hydrogen (secondary N) is 1. The van der Waals surface area contributed by atoms with E-state index in [1.54, 1.807) is 6.92 Å². The second-order valence-electron chi connectivity index (χ2n) is 3.26. The summed E-state index contributed by atoms with van der Waals surface area (Å²) in [7, 11) is 0. The first-order valence-corrected chi connectivity index (χ1v) is 4.59.